The van der Waals surface area contributed by atoms with E-state index in [1.165, 1.54) is 18.8 Å². The Hall–Kier alpha value is -4.11. The highest BCUT2D eigenvalue weighted by molar-refractivity contribution is 7.99. The number of hydrogen-bond donors (Lipinski definition) is 1. The van der Waals surface area contributed by atoms with Crippen LogP contribution in [0.3, 0.4) is 0 Å². The van der Waals surface area contributed by atoms with Crippen LogP contribution in [0.4, 0.5) is 0 Å². The van der Waals surface area contributed by atoms with Crippen molar-refractivity contribution < 1.29 is 19.1 Å². The molecule has 0 fully saturated rings. The number of carbonyl (C=O) groups is 2. The van der Waals surface area contributed by atoms with E-state index in [1.54, 1.807) is 72.8 Å². The zero-order valence-corrected chi connectivity index (χ0v) is 19.3. The predicted octanol–water partition coefficient (Wildman–Crippen LogP) is 3.45. The highest BCUT2D eigenvalue weighted by Gasteiger charge is 2.17. The van der Waals surface area contributed by atoms with Crippen LogP contribution in [0.1, 0.15) is 10.4 Å². The number of ether oxygens (including phenoxy) is 2. The van der Waals surface area contributed by atoms with Gasteiger partial charge in [0.25, 0.3) is 11.5 Å². The molecule has 0 aliphatic carbocycles. The van der Waals surface area contributed by atoms with Crippen molar-refractivity contribution in [3.63, 3.8) is 0 Å². The average molecular weight is 476 g/mol. The summed E-state index contributed by atoms with van der Waals surface area (Å²) < 4.78 is 12.1. The van der Waals surface area contributed by atoms with Crippen LogP contribution < -0.4 is 20.3 Å². The number of thioether (sulfide) groups is 1. The minimum atomic E-state index is -0.500. The number of aromatic nitrogens is 2. The van der Waals surface area contributed by atoms with Gasteiger partial charge < -0.3 is 9.47 Å². The molecule has 4 rings (SSSR count). The van der Waals surface area contributed by atoms with Gasteiger partial charge in [0.05, 0.1) is 36.6 Å². The van der Waals surface area contributed by atoms with Crippen LogP contribution in [0.2, 0.25) is 0 Å². The maximum atomic E-state index is 13.4. The maximum absolute atomic E-state index is 13.4. The van der Waals surface area contributed by atoms with Crippen LogP contribution in [0.25, 0.3) is 16.6 Å². The number of fused-ring (bicyclic) bond motifs is 1. The third-order valence-electron chi connectivity index (χ3n) is 4.99. The van der Waals surface area contributed by atoms with E-state index in [-0.39, 0.29) is 11.3 Å². The molecule has 0 aliphatic heterocycles. The molecule has 0 atom stereocenters. The van der Waals surface area contributed by atoms with E-state index >= 15 is 0 Å². The van der Waals surface area contributed by atoms with Gasteiger partial charge in [0.2, 0.25) is 5.91 Å². The third-order valence-corrected chi connectivity index (χ3v) is 5.93. The SMILES string of the molecule is COc1ccc(-n2c(SCC(=O)NC(=O)c3ccccc3)nc3ccccc3c2=O)cc1OC. The largest absolute Gasteiger partial charge is 0.493 e. The molecule has 0 radical (unpaired) electrons. The van der Waals surface area contributed by atoms with Gasteiger partial charge >= 0.3 is 0 Å². The minimum absolute atomic E-state index is 0.114. The molecule has 0 saturated heterocycles. The predicted molar refractivity (Wildman–Crippen MR) is 130 cm³/mol. The fourth-order valence-electron chi connectivity index (χ4n) is 3.36. The lowest BCUT2D eigenvalue weighted by Crippen LogP contribution is -2.32. The standard InChI is InChI=1S/C25H21N3O5S/c1-32-20-13-12-17(14-21(20)33-2)28-24(31)18-10-6-7-11-19(18)26-25(28)34-15-22(29)27-23(30)16-8-4-3-5-9-16/h3-14H,15H2,1-2H3,(H,27,29,30). The van der Waals surface area contributed by atoms with Crippen molar-refractivity contribution in [3.05, 3.63) is 88.7 Å². The monoisotopic (exact) mass is 475 g/mol. The second kappa shape index (κ2) is 10.2. The number of carbonyl (C=O) groups excluding carboxylic acids is 2. The van der Waals surface area contributed by atoms with E-state index in [1.807, 2.05) is 0 Å². The van der Waals surface area contributed by atoms with Gasteiger partial charge in [-0.05, 0) is 36.4 Å². The van der Waals surface area contributed by atoms with E-state index in [9.17, 15) is 14.4 Å². The molecular weight excluding hydrogens is 454 g/mol. The summed E-state index contributed by atoms with van der Waals surface area (Å²) in [6, 6.07) is 20.5. The van der Waals surface area contributed by atoms with Crippen molar-refractivity contribution >= 4 is 34.5 Å². The van der Waals surface area contributed by atoms with Crippen LogP contribution in [0.5, 0.6) is 11.5 Å². The van der Waals surface area contributed by atoms with Gasteiger partial charge in [0, 0.05) is 11.6 Å². The molecule has 0 aliphatic rings. The van der Waals surface area contributed by atoms with Crippen molar-refractivity contribution in [1.29, 1.82) is 0 Å². The molecule has 4 aromatic rings. The number of nitrogens with zero attached hydrogens (tertiary/aromatic N) is 2. The molecule has 3 aromatic carbocycles. The lowest BCUT2D eigenvalue weighted by Gasteiger charge is -2.15. The highest BCUT2D eigenvalue weighted by Crippen LogP contribution is 2.30. The molecular formula is C25H21N3O5S. The van der Waals surface area contributed by atoms with E-state index in [2.05, 4.69) is 10.3 Å². The Morgan fingerprint density at radius 3 is 2.38 bits per heavy atom. The fourth-order valence-corrected chi connectivity index (χ4v) is 4.17. The number of imide groups is 1. The van der Waals surface area contributed by atoms with Crippen LogP contribution in [0.15, 0.2) is 82.7 Å². The number of rotatable bonds is 7. The number of nitrogens with one attached hydrogen (secondary N) is 1. The van der Waals surface area contributed by atoms with Gasteiger partial charge in [-0.15, -0.1) is 0 Å². The van der Waals surface area contributed by atoms with Crippen LogP contribution in [0, 0.1) is 0 Å². The number of hydrogen-bond acceptors (Lipinski definition) is 7. The Bertz CT molecular complexity index is 1420. The zero-order valence-electron chi connectivity index (χ0n) is 18.5. The first kappa shape index (κ1) is 23.1. The molecule has 9 heteroatoms. The first-order chi connectivity index (χ1) is 16.5. The first-order valence-electron chi connectivity index (χ1n) is 10.3. The topological polar surface area (TPSA) is 99.5 Å². The average Bonchev–Trinajstić information content (AvgIpc) is 2.87. The lowest BCUT2D eigenvalue weighted by molar-refractivity contribution is -0.117. The zero-order chi connectivity index (χ0) is 24.1. The summed E-state index contributed by atoms with van der Waals surface area (Å²) in [6.07, 6.45) is 0. The lowest BCUT2D eigenvalue weighted by atomic mass is 10.2. The molecule has 1 N–H and O–H groups in total. The number of para-hydroxylation sites is 1. The Labute approximate surface area is 199 Å². The van der Waals surface area contributed by atoms with Crippen LogP contribution >= 0.6 is 11.8 Å². The molecule has 172 valence electrons. The minimum Gasteiger partial charge on any atom is -0.493 e. The van der Waals surface area contributed by atoms with E-state index in [4.69, 9.17) is 9.47 Å². The van der Waals surface area contributed by atoms with Crippen molar-refractivity contribution in [2.75, 3.05) is 20.0 Å². The van der Waals surface area contributed by atoms with Crippen molar-refractivity contribution in [2.24, 2.45) is 0 Å². The Balaban J connectivity index is 1.67. The molecule has 8 nitrogen and oxygen atoms in total. The van der Waals surface area contributed by atoms with Gasteiger partial charge in [-0.1, -0.05) is 42.1 Å². The van der Waals surface area contributed by atoms with Gasteiger partial charge in [0.15, 0.2) is 16.7 Å². The molecule has 1 heterocycles. The second-order valence-corrected chi connectivity index (χ2v) is 8.07. The number of amides is 2. The second-order valence-electron chi connectivity index (χ2n) is 7.12. The summed E-state index contributed by atoms with van der Waals surface area (Å²) >= 11 is 1.06. The van der Waals surface area contributed by atoms with Gasteiger partial charge in [-0.25, -0.2) is 4.98 Å². The number of methoxy groups -OCH3 is 2. The summed E-state index contributed by atoms with van der Waals surface area (Å²) in [7, 11) is 3.03. The van der Waals surface area contributed by atoms with Crippen molar-refractivity contribution in [1.82, 2.24) is 14.9 Å². The fraction of sp³-hybridized carbons (Fsp3) is 0.120. The molecule has 1 aromatic heterocycles. The summed E-state index contributed by atoms with van der Waals surface area (Å²) in [6.45, 7) is 0. The number of benzene rings is 3. The summed E-state index contributed by atoms with van der Waals surface area (Å²) in [5, 5.41) is 3.10. The van der Waals surface area contributed by atoms with Crippen molar-refractivity contribution in [3.8, 4) is 17.2 Å². The Morgan fingerprint density at radius 2 is 1.65 bits per heavy atom. The van der Waals surface area contributed by atoms with Gasteiger partial charge in [-0.2, -0.15) is 0 Å². The summed E-state index contributed by atoms with van der Waals surface area (Å²) in [4.78, 5) is 42.8. The van der Waals surface area contributed by atoms with Crippen LogP contribution in [-0.4, -0.2) is 41.3 Å². The highest BCUT2D eigenvalue weighted by atomic mass is 32.2. The van der Waals surface area contributed by atoms with Crippen LogP contribution in [-0.2, 0) is 4.79 Å². The van der Waals surface area contributed by atoms with E-state index in [0.29, 0.717) is 38.8 Å². The molecule has 0 bridgehead atoms. The first-order valence-corrected chi connectivity index (χ1v) is 11.3. The van der Waals surface area contributed by atoms with Crippen molar-refractivity contribution in [2.45, 2.75) is 5.16 Å². The Kier molecular flexibility index (Phi) is 6.93. The van der Waals surface area contributed by atoms with E-state index in [0.717, 1.165) is 11.8 Å². The molecule has 0 unspecified atom stereocenters. The Morgan fingerprint density at radius 1 is 0.941 bits per heavy atom. The summed E-state index contributed by atoms with van der Waals surface area (Å²) in [5.41, 5.74) is 1.10. The molecule has 2 amide bonds. The summed E-state index contributed by atoms with van der Waals surface area (Å²) in [5.74, 6) is -0.144. The maximum Gasteiger partial charge on any atom is 0.266 e. The van der Waals surface area contributed by atoms with Gasteiger partial charge in [0.1, 0.15) is 0 Å². The quantitative estimate of drug-likeness (QED) is 0.323. The van der Waals surface area contributed by atoms with Gasteiger partial charge in [-0.3, -0.25) is 24.3 Å². The molecule has 34 heavy (non-hydrogen) atoms. The molecule has 0 saturated carbocycles. The smallest absolute Gasteiger partial charge is 0.266 e. The molecule has 0 spiro atoms. The normalized spacial score (nSPS) is 10.6. The van der Waals surface area contributed by atoms with E-state index < -0.39 is 11.8 Å². The third kappa shape index (κ3) is 4.79.